The van der Waals surface area contributed by atoms with Gasteiger partial charge in [0.2, 0.25) is 0 Å². The van der Waals surface area contributed by atoms with E-state index in [0.717, 1.165) is 50.3 Å². The number of furan rings is 1. The Labute approximate surface area is 186 Å². The number of aryl methyl sites for hydroxylation is 1. The molecule has 3 nitrogen and oxygen atoms in total. The second kappa shape index (κ2) is 7.47. The third kappa shape index (κ3) is 3.15. The second-order valence-corrected chi connectivity index (χ2v) is 7.91. The number of hydrogen-bond acceptors (Lipinski definition) is 3. The van der Waals surface area contributed by atoms with Gasteiger partial charge >= 0.3 is 0 Å². The number of nitrogens with zero attached hydrogens (tertiary/aromatic N) is 2. The lowest BCUT2D eigenvalue weighted by Gasteiger charge is -2.09. The fourth-order valence-corrected chi connectivity index (χ4v) is 4.31. The summed E-state index contributed by atoms with van der Waals surface area (Å²) in [5.74, 6) is 0.745. The van der Waals surface area contributed by atoms with Crippen LogP contribution in [0.15, 0.2) is 108 Å². The maximum Gasteiger partial charge on any atom is 0.136 e. The molecule has 0 radical (unpaired) electrons. The molecule has 0 aliphatic rings. The molecule has 2 aromatic heterocycles. The molecule has 0 aliphatic carbocycles. The Bertz CT molecular complexity index is 1560. The van der Waals surface area contributed by atoms with Crippen molar-refractivity contribution in [1.29, 1.82) is 0 Å². The van der Waals surface area contributed by atoms with E-state index in [0.29, 0.717) is 0 Å². The molecule has 0 amide bonds. The summed E-state index contributed by atoms with van der Waals surface area (Å²) in [6, 6.07) is 35.3. The molecule has 4 aromatic carbocycles. The van der Waals surface area contributed by atoms with Crippen LogP contribution < -0.4 is 0 Å². The minimum atomic E-state index is 0.745. The zero-order chi connectivity index (χ0) is 21.5. The summed E-state index contributed by atoms with van der Waals surface area (Å²) in [5.41, 5.74) is 8.09. The molecule has 32 heavy (non-hydrogen) atoms. The third-order valence-electron chi connectivity index (χ3n) is 5.80. The van der Waals surface area contributed by atoms with Crippen LogP contribution in [0, 0.1) is 6.92 Å². The highest BCUT2D eigenvalue weighted by atomic mass is 16.3. The quantitative estimate of drug-likeness (QED) is 0.299. The highest BCUT2D eigenvalue weighted by Gasteiger charge is 2.14. The predicted molar refractivity (Wildman–Crippen MR) is 130 cm³/mol. The van der Waals surface area contributed by atoms with Gasteiger partial charge < -0.3 is 4.42 Å². The van der Waals surface area contributed by atoms with E-state index in [1.807, 2.05) is 43.3 Å². The Morgan fingerprint density at radius 1 is 0.562 bits per heavy atom. The van der Waals surface area contributed by atoms with E-state index in [9.17, 15) is 0 Å². The first-order chi connectivity index (χ1) is 15.8. The topological polar surface area (TPSA) is 38.9 Å². The minimum absolute atomic E-state index is 0.745. The number of rotatable bonds is 3. The smallest absolute Gasteiger partial charge is 0.136 e. The van der Waals surface area contributed by atoms with E-state index < -0.39 is 0 Å². The van der Waals surface area contributed by atoms with Gasteiger partial charge in [-0.25, -0.2) is 9.97 Å². The fourth-order valence-electron chi connectivity index (χ4n) is 4.31. The number of aromatic nitrogens is 2. The molecule has 0 N–H and O–H groups in total. The molecule has 0 aliphatic heterocycles. The first-order valence-corrected chi connectivity index (χ1v) is 10.7. The zero-order valence-corrected chi connectivity index (χ0v) is 17.6. The lowest BCUT2D eigenvalue weighted by molar-refractivity contribution is 0.669. The summed E-state index contributed by atoms with van der Waals surface area (Å²) in [7, 11) is 0. The molecule has 0 atom stereocenters. The maximum absolute atomic E-state index is 6.07. The average Bonchev–Trinajstić information content (AvgIpc) is 3.23. The van der Waals surface area contributed by atoms with Gasteiger partial charge in [0.15, 0.2) is 0 Å². The van der Waals surface area contributed by atoms with Crippen LogP contribution in [-0.4, -0.2) is 9.97 Å². The molecule has 3 heteroatoms. The lowest BCUT2D eigenvalue weighted by Crippen LogP contribution is -1.95. The molecular formula is C29H20N2O. The summed E-state index contributed by atoms with van der Waals surface area (Å²) < 4.78 is 6.07. The lowest BCUT2D eigenvalue weighted by atomic mass is 10.0. The van der Waals surface area contributed by atoms with E-state index in [-0.39, 0.29) is 0 Å². The van der Waals surface area contributed by atoms with Gasteiger partial charge in [0, 0.05) is 21.9 Å². The summed E-state index contributed by atoms with van der Waals surface area (Å²) in [6.45, 7) is 1.94. The fraction of sp³-hybridized carbons (Fsp3) is 0.0345. The largest absolute Gasteiger partial charge is 0.456 e. The first-order valence-electron chi connectivity index (χ1n) is 10.7. The third-order valence-corrected chi connectivity index (χ3v) is 5.80. The number of para-hydroxylation sites is 1. The predicted octanol–water partition coefficient (Wildman–Crippen LogP) is 7.69. The van der Waals surface area contributed by atoms with E-state index in [1.165, 1.54) is 11.1 Å². The molecule has 0 saturated heterocycles. The van der Waals surface area contributed by atoms with Crippen LogP contribution in [0.4, 0.5) is 0 Å². The van der Waals surface area contributed by atoms with Gasteiger partial charge in [0.1, 0.15) is 17.0 Å². The van der Waals surface area contributed by atoms with Crippen molar-refractivity contribution in [2.75, 3.05) is 0 Å². The van der Waals surface area contributed by atoms with Gasteiger partial charge in [-0.15, -0.1) is 0 Å². The van der Waals surface area contributed by atoms with Crippen molar-refractivity contribution in [3.63, 3.8) is 0 Å². The number of hydrogen-bond donors (Lipinski definition) is 0. The molecule has 0 unspecified atom stereocenters. The number of benzene rings is 4. The monoisotopic (exact) mass is 412 g/mol. The van der Waals surface area contributed by atoms with Crippen molar-refractivity contribution in [2.45, 2.75) is 6.92 Å². The van der Waals surface area contributed by atoms with Crippen molar-refractivity contribution < 1.29 is 4.42 Å². The van der Waals surface area contributed by atoms with Crippen LogP contribution in [0.25, 0.3) is 55.6 Å². The van der Waals surface area contributed by atoms with Gasteiger partial charge in [0.25, 0.3) is 0 Å². The summed E-state index contributed by atoms with van der Waals surface area (Å²) in [4.78, 5) is 9.51. The van der Waals surface area contributed by atoms with E-state index >= 15 is 0 Å². The zero-order valence-electron chi connectivity index (χ0n) is 17.6. The molecule has 0 spiro atoms. The van der Waals surface area contributed by atoms with E-state index in [4.69, 9.17) is 14.4 Å². The SMILES string of the molecule is Cc1nc(-c2ccc(-c3ccccc3)cc2)cc(-c2cccc3oc4ccccc4c23)n1. The van der Waals surface area contributed by atoms with Crippen LogP contribution in [0.5, 0.6) is 0 Å². The molecule has 6 rings (SSSR count). The van der Waals surface area contributed by atoms with Crippen LogP contribution in [0.3, 0.4) is 0 Å². The molecular weight excluding hydrogens is 392 g/mol. The van der Waals surface area contributed by atoms with Gasteiger partial charge in [-0.1, -0.05) is 84.9 Å². The van der Waals surface area contributed by atoms with Crippen molar-refractivity contribution in [2.24, 2.45) is 0 Å². The summed E-state index contributed by atoms with van der Waals surface area (Å²) >= 11 is 0. The van der Waals surface area contributed by atoms with Gasteiger partial charge in [0.05, 0.1) is 11.4 Å². The normalized spacial score (nSPS) is 11.3. The van der Waals surface area contributed by atoms with Crippen molar-refractivity contribution in [1.82, 2.24) is 9.97 Å². The number of fused-ring (bicyclic) bond motifs is 3. The highest BCUT2D eigenvalue weighted by Crippen LogP contribution is 2.36. The Morgan fingerprint density at radius 3 is 2.06 bits per heavy atom. The Balaban J connectivity index is 1.48. The molecule has 6 aromatic rings. The van der Waals surface area contributed by atoms with Crippen LogP contribution in [-0.2, 0) is 0 Å². The van der Waals surface area contributed by atoms with Crippen LogP contribution in [0.1, 0.15) is 5.82 Å². The second-order valence-electron chi connectivity index (χ2n) is 7.91. The van der Waals surface area contributed by atoms with Crippen molar-refractivity contribution in [3.05, 3.63) is 109 Å². The summed E-state index contributed by atoms with van der Waals surface area (Å²) in [6.07, 6.45) is 0. The van der Waals surface area contributed by atoms with Gasteiger partial charge in [-0.05, 0) is 36.2 Å². The Kier molecular flexibility index (Phi) is 4.32. The molecule has 2 heterocycles. The average molecular weight is 412 g/mol. The van der Waals surface area contributed by atoms with Crippen LogP contribution >= 0.6 is 0 Å². The minimum Gasteiger partial charge on any atom is -0.456 e. The maximum atomic E-state index is 6.07. The van der Waals surface area contributed by atoms with E-state index in [2.05, 4.69) is 66.7 Å². The molecule has 0 saturated carbocycles. The van der Waals surface area contributed by atoms with Crippen molar-refractivity contribution >= 4 is 21.9 Å². The standard InChI is InChI=1S/C29H20N2O/c1-19-30-25(22-16-14-21(15-17-22)20-8-3-2-4-9-20)18-26(31-19)23-11-7-13-28-29(23)24-10-5-6-12-27(24)32-28/h2-18H,1H3. The van der Waals surface area contributed by atoms with Gasteiger partial charge in [-0.2, -0.15) is 0 Å². The van der Waals surface area contributed by atoms with Gasteiger partial charge in [-0.3, -0.25) is 0 Å². The Hall–Kier alpha value is -4.24. The molecule has 0 fully saturated rings. The first kappa shape index (κ1) is 18.5. The Morgan fingerprint density at radius 2 is 1.22 bits per heavy atom. The highest BCUT2D eigenvalue weighted by molar-refractivity contribution is 6.12. The molecule has 152 valence electrons. The summed E-state index contributed by atoms with van der Waals surface area (Å²) in [5, 5.41) is 2.19. The van der Waals surface area contributed by atoms with Crippen LogP contribution in [0.2, 0.25) is 0 Å². The van der Waals surface area contributed by atoms with E-state index in [1.54, 1.807) is 0 Å². The van der Waals surface area contributed by atoms with Crippen molar-refractivity contribution in [3.8, 4) is 33.6 Å². The molecule has 0 bridgehead atoms.